The molecule has 0 radical (unpaired) electrons. The lowest BCUT2D eigenvalue weighted by Crippen LogP contribution is -2.49. The molecule has 4 rings (SSSR count). The van der Waals surface area contributed by atoms with Crippen LogP contribution in [0.5, 0.6) is 0 Å². The van der Waals surface area contributed by atoms with Gasteiger partial charge in [-0.2, -0.15) is 0 Å². The van der Waals surface area contributed by atoms with Gasteiger partial charge in [-0.15, -0.1) is 0 Å². The summed E-state index contributed by atoms with van der Waals surface area (Å²) in [5, 5.41) is 0. The molecule has 2 heterocycles. The van der Waals surface area contributed by atoms with Crippen molar-refractivity contribution in [1.82, 2.24) is 9.80 Å². The molecule has 23 heavy (non-hydrogen) atoms. The van der Waals surface area contributed by atoms with Gasteiger partial charge in [-0.3, -0.25) is 9.69 Å². The molecule has 1 atom stereocenters. The molecule has 1 aliphatic heterocycles. The molecule has 0 bridgehead atoms. The number of fused-ring (bicyclic) bond motifs is 1. The van der Waals surface area contributed by atoms with Crippen LogP contribution in [0, 0.1) is 5.82 Å². The van der Waals surface area contributed by atoms with Gasteiger partial charge in [-0.05, 0) is 48.2 Å². The third kappa shape index (κ3) is 2.65. The molecule has 2 aromatic rings. The van der Waals surface area contributed by atoms with E-state index in [9.17, 15) is 9.18 Å². The Morgan fingerprint density at radius 1 is 1.17 bits per heavy atom. The van der Waals surface area contributed by atoms with E-state index in [1.54, 1.807) is 24.3 Å². The lowest BCUT2D eigenvalue weighted by Gasteiger charge is -2.38. The summed E-state index contributed by atoms with van der Waals surface area (Å²) in [6, 6.07) is 8.83. The van der Waals surface area contributed by atoms with E-state index in [2.05, 4.69) is 4.90 Å². The standard InChI is InChI=1S/C18H19FN2O2/c19-14-5-3-13-4-6-16(15(13)12-14)20-7-9-21(10-8-20)18(22)17-2-1-11-23-17/h1-3,5,11-12,16H,4,6-10H2/t16-/m0/s1. The van der Waals surface area contributed by atoms with Crippen molar-refractivity contribution in [2.75, 3.05) is 26.2 Å². The maximum absolute atomic E-state index is 13.5. The first kappa shape index (κ1) is 14.5. The second kappa shape index (κ2) is 5.81. The van der Waals surface area contributed by atoms with Crippen molar-refractivity contribution in [3.05, 3.63) is 59.3 Å². The number of halogens is 1. The van der Waals surface area contributed by atoms with Gasteiger partial charge in [0.2, 0.25) is 0 Å². The highest BCUT2D eigenvalue weighted by atomic mass is 19.1. The van der Waals surface area contributed by atoms with E-state index >= 15 is 0 Å². The lowest BCUT2D eigenvalue weighted by molar-refractivity contribution is 0.0539. The van der Waals surface area contributed by atoms with Crippen molar-refractivity contribution in [2.45, 2.75) is 18.9 Å². The zero-order valence-electron chi connectivity index (χ0n) is 12.9. The molecule has 1 saturated heterocycles. The molecule has 2 aliphatic rings. The first-order valence-corrected chi connectivity index (χ1v) is 8.07. The molecule has 0 saturated carbocycles. The zero-order valence-corrected chi connectivity index (χ0v) is 12.9. The number of carbonyl (C=O) groups excluding carboxylic acids is 1. The summed E-state index contributed by atoms with van der Waals surface area (Å²) in [6.07, 6.45) is 3.56. The highest BCUT2D eigenvalue weighted by Crippen LogP contribution is 2.36. The number of furan rings is 1. The number of nitrogens with zero attached hydrogens (tertiary/aromatic N) is 2. The Morgan fingerprint density at radius 2 is 2.00 bits per heavy atom. The predicted octanol–water partition coefficient (Wildman–Crippen LogP) is 2.86. The van der Waals surface area contributed by atoms with E-state index in [0.29, 0.717) is 18.8 Å². The number of rotatable bonds is 2. The van der Waals surface area contributed by atoms with E-state index < -0.39 is 0 Å². The van der Waals surface area contributed by atoms with Crippen LogP contribution in [0.3, 0.4) is 0 Å². The monoisotopic (exact) mass is 314 g/mol. The van der Waals surface area contributed by atoms with Gasteiger partial charge in [0.15, 0.2) is 5.76 Å². The Kier molecular flexibility index (Phi) is 3.65. The summed E-state index contributed by atoms with van der Waals surface area (Å²) >= 11 is 0. The number of hydrogen-bond acceptors (Lipinski definition) is 3. The molecular weight excluding hydrogens is 295 g/mol. The van der Waals surface area contributed by atoms with Crippen LogP contribution in [-0.4, -0.2) is 41.9 Å². The van der Waals surface area contributed by atoms with Crippen LogP contribution >= 0.6 is 0 Å². The number of hydrogen-bond donors (Lipinski definition) is 0. The maximum Gasteiger partial charge on any atom is 0.289 e. The molecule has 1 aromatic heterocycles. The van der Waals surface area contributed by atoms with Crippen molar-refractivity contribution in [2.24, 2.45) is 0 Å². The Balaban J connectivity index is 1.43. The fourth-order valence-electron chi connectivity index (χ4n) is 3.72. The van der Waals surface area contributed by atoms with E-state index in [4.69, 9.17) is 4.42 Å². The molecule has 4 nitrogen and oxygen atoms in total. The second-order valence-corrected chi connectivity index (χ2v) is 6.20. The number of amides is 1. The van der Waals surface area contributed by atoms with Gasteiger partial charge in [-0.1, -0.05) is 6.07 Å². The van der Waals surface area contributed by atoms with E-state index in [0.717, 1.165) is 31.5 Å². The summed E-state index contributed by atoms with van der Waals surface area (Å²) in [6.45, 7) is 2.99. The highest BCUT2D eigenvalue weighted by molar-refractivity contribution is 5.91. The molecule has 1 aromatic carbocycles. The number of aryl methyl sites for hydroxylation is 1. The van der Waals surface area contributed by atoms with Crippen molar-refractivity contribution in [3.8, 4) is 0 Å². The largest absolute Gasteiger partial charge is 0.459 e. The Morgan fingerprint density at radius 3 is 2.74 bits per heavy atom. The summed E-state index contributed by atoms with van der Waals surface area (Å²) in [5.41, 5.74) is 2.38. The number of benzene rings is 1. The quantitative estimate of drug-likeness (QED) is 0.855. The SMILES string of the molecule is O=C(c1ccco1)N1CCN([C@H]2CCc3ccc(F)cc32)CC1. The van der Waals surface area contributed by atoms with E-state index in [1.165, 1.54) is 11.8 Å². The van der Waals surface area contributed by atoms with Crippen molar-refractivity contribution < 1.29 is 13.6 Å². The minimum atomic E-state index is -0.165. The van der Waals surface area contributed by atoms with Gasteiger partial charge in [0.1, 0.15) is 5.82 Å². The topological polar surface area (TPSA) is 36.7 Å². The summed E-state index contributed by atoms with van der Waals surface area (Å²) in [7, 11) is 0. The minimum Gasteiger partial charge on any atom is -0.459 e. The maximum atomic E-state index is 13.5. The molecule has 0 spiro atoms. The van der Waals surface area contributed by atoms with E-state index in [1.807, 2.05) is 11.0 Å². The van der Waals surface area contributed by atoms with Gasteiger partial charge in [0.05, 0.1) is 6.26 Å². The number of piperazine rings is 1. The van der Waals surface area contributed by atoms with Gasteiger partial charge in [0, 0.05) is 32.2 Å². The molecular formula is C18H19FN2O2. The van der Waals surface area contributed by atoms with Gasteiger partial charge < -0.3 is 9.32 Å². The molecule has 5 heteroatoms. The van der Waals surface area contributed by atoms with Gasteiger partial charge in [-0.25, -0.2) is 4.39 Å². The van der Waals surface area contributed by atoms with Gasteiger partial charge >= 0.3 is 0 Å². The molecule has 0 unspecified atom stereocenters. The summed E-state index contributed by atoms with van der Waals surface area (Å²) in [5.74, 6) is 0.182. The van der Waals surface area contributed by atoms with Crippen molar-refractivity contribution >= 4 is 5.91 Å². The molecule has 1 aliphatic carbocycles. The zero-order chi connectivity index (χ0) is 15.8. The van der Waals surface area contributed by atoms with Crippen LogP contribution in [0.1, 0.15) is 34.1 Å². The predicted molar refractivity (Wildman–Crippen MR) is 83.6 cm³/mol. The van der Waals surface area contributed by atoms with Crippen LogP contribution in [0.25, 0.3) is 0 Å². The van der Waals surface area contributed by atoms with Crippen LogP contribution in [-0.2, 0) is 6.42 Å². The Bertz CT molecular complexity index is 706. The fraction of sp³-hybridized carbons (Fsp3) is 0.389. The molecule has 0 N–H and O–H groups in total. The summed E-state index contributed by atoms with van der Waals surface area (Å²) in [4.78, 5) is 16.5. The molecule has 1 fully saturated rings. The van der Waals surface area contributed by atoms with Crippen LogP contribution in [0.15, 0.2) is 41.0 Å². The van der Waals surface area contributed by atoms with Crippen molar-refractivity contribution in [1.29, 1.82) is 0 Å². The highest BCUT2D eigenvalue weighted by Gasteiger charge is 2.32. The van der Waals surface area contributed by atoms with Crippen LogP contribution < -0.4 is 0 Å². The number of carbonyl (C=O) groups is 1. The Labute approximate surface area is 134 Å². The fourth-order valence-corrected chi connectivity index (χ4v) is 3.72. The Hall–Kier alpha value is -2.14. The first-order valence-electron chi connectivity index (χ1n) is 8.07. The summed E-state index contributed by atoms with van der Waals surface area (Å²) < 4.78 is 18.7. The molecule has 120 valence electrons. The average molecular weight is 314 g/mol. The third-order valence-corrected chi connectivity index (χ3v) is 4.93. The smallest absolute Gasteiger partial charge is 0.289 e. The first-order chi connectivity index (χ1) is 11.2. The lowest BCUT2D eigenvalue weighted by atomic mass is 10.1. The molecule has 1 amide bonds. The van der Waals surface area contributed by atoms with Crippen molar-refractivity contribution in [3.63, 3.8) is 0 Å². The normalized spacial score (nSPS) is 21.4. The minimum absolute atomic E-state index is 0.0486. The van der Waals surface area contributed by atoms with E-state index in [-0.39, 0.29) is 17.8 Å². The second-order valence-electron chi connectivity index (χ2n) is 6.20. The average Bonchev–Trinajstić information content (AvgIpc) is 3.24. The van der Waals surface area contributed by atoms with Crippen LogP contribution in [0.4, 0.5) is 4.39 Å². The van der Waals surface area contributed by atoms with Crippen LogP contribution in [0.2, 0.25) is 0 Å². The van der Waals surface area contributed by atoms with Gasteiger partial charge in [0.25, 0.3) is 5.91 Å². The third-order valence-electron chi connectivity index (χ3n) is 4.93.